The van der Waals surface area contributed by atoms with Crippen molar-refractivity contribution >= 4 is 0 Å². The molecule has 1 unspecified atom stereocenters. The van der Waals surface area contributed by atoms with Gasteiger partial charge in [0, 0.05) is 17.8 Å². The normalized spacial score (nSPS) is 12.2. The van der Waals surface area contributed by atoms with Crippen molar-refractivity contribution in [2.45, 2.75) is 19.4 Å². The molecule has 0 aliphatic rings. The SMILES string of the molecule is CCOc1cncc(C(Cc2c(F)cccc2F)NC)c1. The Bertz CT molecular complexity index is 584. The molecule has 0 saturated heterocycles. The number of benzene rings is 1. The molecule has 1 atom stereocenters. The fourth-order valence-electron chi connectivity index (χ4n) is 2.19. The Labute approximate surface area is 123 Å². The number of halogens is 2. The zero-order valence-corrected chi connectivity index (χ0v) is 12.1. The van der Waals surface area contributed by atoms with E-state index in [2.05, 4.69) is 10.3 Å². The van der Waals surface area contributed by atoms with Crippen LogP contribution in [0.2, 0.25) is 0 Å². The molecule has 0 bridgehead atoms. The monoisotopic (exact) mass is 292 g/mol. The van der Waals surface area contributed by atoms with E-state index in [0.717, 1.165) is 5.56 Å². The number of nitrogens with zero attached hydrogens (tertiary/aromatic N) is 1. The van der Waals surface area contributed by atoms with E-state index in [-0.39, 0.29) is 18.0 Å². The van der Waals surface area contributed by atoms with E-state index in [9.17, 15) is 8.78 Å². The highest BCUT2D eigenvalue weighted by Crippen LogP contribution is 2.24. The highest BCUT2D eigenvalue weighted by Gasteiger charge is 2.17. The lowest BCUT2D eigenvalue weighted by Gasteiger charge is -2.18. The Kier molecular flexibility index (Phi) is 5.22. The molecule has 3 nitrogen and oxygen atoms in total. The number of rotatable bonds is 6. The van der Waals surface area contributed by atoms with Crippen LogP contribution in [0, 0.1) is 11.6 Å². The van der Waals surface area contributed by atoms with Gasteiger partial charge in [-0.25, -0.2) is 8.78 Å². The predicted octanol–water partition coefficient (Wildman–Crippen LogP) is 3.26. The third kappa shape index (κ3) is 3.76. The average molecular weight is 292 g/mol. The summed E-state index contributed by atoms with van der Waals surface area (Å²) in [5.41, 5.74) is 0.893. The molecule has 1 aromatic heterocycles. The van der Waals surface area contributed by atoms with Gasteiger partial charge in [-0.05, 0) is 44.2 Å². The summed E-state index contributed by atoms with van der Waals surface area (Å²) in [4.78, 5) is 4.11. The number of nitrogens with one attached hydrogen (secondary N) is 1. The maximum Gasteiger partial charge on any atom is 0.137 e. The summed E-state index contributed by atoms with van der Waals surface area (Å²) < 4.78 is 32.9. The van der Waals surface area contributed by atoms with Crippen LogP contribution in [0.25, 0.3) is 0 Å². The van der Waals surface area contributed by atoms with Crippen molar-refractivity contribution in [1.29, 1.82) is 0 Å². The van der Waals surface area contributed by atoms with Gasteiger partial charge in [0.25, 0.3) is 0 Å². The molecule has 1 N–H and O–H groups in total. The van der Waals surface area contributed by atoms with Crippen LogP contribution < -0.4 is 10.1 Å². The number of hydrogen-bond donors (Lipinski definition) is 1. The van der Waals surface area contributed by atoms with Crippen molar-refractivity contribution in [3.05, 3.63) is 59.4 Å². The van der Waals surface area contributed by atoms with Crippen molar-refractivity contribution in [2.24, 2.45) is 0 Å². The second-order valence-corrected chi connectivity index (χ2v) is 4.63. The Balaban J connectivity index is 2.26. The van der Waals surface area contributed by atoms with E-state index < -0.39 is 11.6 Å². The largest absolute Gasteiger partial charge is 0.492 e. The van der Waals surface area contributed by atoms with Gasteiger partial charge in [0.15, 0.2) is 0 Å². The van der Waals surface area contributed by atoms with E-state index in [1.807, 2.05) is 13.0 Å². The van der Waals surface area contributed by atoms with Crippen LogP contribution in [-0.4, -0.2) is 18.6 Å². The van der Waals surface area contributed by atoms with Crippen molar-refractivity contribution in [2.75, 3.05) is 13.7 Å². The second-order valence-electron chi connectivity index (χ2n) is 4.63. The van der Waals surface area contributed by atoms with Crippen LogP contribution in [0.5, 0.6) is 5.75 Å². The van der Waals surface area contributed by atoms with E-state index in [0.29, 0.717) is 12.4 Å². The molecule has 21 heavy (non-hydrogen) atoms. The van der Waals surface area contributed by atoms with E-state index in [4.69, 9.17) is 4.74 Å². The molecule has 0 radical (unpaired) electrons. The summed E-state index contributed by atoms with van der Waals surface area (Å²) in [6, 6.07) is 5.47. The molecule has 2 aromatic rings. The Morgan fingerprint density at radius 1 is 1.24 bits per heavy atom. The van der Waals surface area contributed by atoms with Gasteiger partial charge in [-0.2, -0.15) is 0 Å². The first-order valence-corrected chi connectivity index (χ1v) is 6.83. The third-order valence-electron chi connectivity index (χ3n) is 3.27. The minimum absolute atomic E-state index is 0.0682. The van der Waals surface area contributed by atoms with E-state index in [1.54, 1.807) is 19.4 Å². The van der Waals surface area contributed by atoms with Gasteiger partial charge in [-0.1, -0.05) is 6.07 Å². The lowest BCUT2D eigenvalue weighted by Crippen LogP contribution is -2.20. The first-order valence-electron chi connectivity index (χ1n) is 6.83. The van der Waals surface area contributed by atoms with Crippen molar-refractivity contribution in [1.82, 2.24) is 10.3 Å². The fraction of sp³-hybridized carbons (Fsp3) is 0.312. The first kappa shape index (κ1) is 15.4. The summed E-state index contributed by atoms with van der Waals surface area (Å²) >= 11 is 0. The summed E-state index contributed by atoms with van der Waals surface area (Å²) in [5, 5.41) is 3.06. The number of likely N-dealkylation sites (N-methyl/N-ethyl adjacent to an activating group) is 1. The van der Waals surface area contributed by atoms with Crippen molar-refractivity contribution < 1.29 is 13.5 Å². The molecule has 1 aromatic carbocycles. The summed E-state index contributed by atoms with van der Waals surface area (Å²) in [5.74, 6) is -0.433. The van der Waals surface area contributed by atoms with Crippen LogP contribution in [0.3, 0.4) is 0 Å². The van der Waals surface area contributed by atoms with Crippen molar-refractivity contribution in [3.63, 3.8) is 0 Å². The zero-order valence-electron chi connectivity index (χ0n) is 12.1. The van der Waals surface area contributed by atoms with Crippen LogP contribution in [-0.2, 0) is 6.42 Å². The molecule has 0 saturated carbocycles. The van der Waals surface area contributed by atoms with Gasteiger partial charge in [-0.3, -0.25) is 4.98 Å². The molecule has 5 heteroatoms. The minimum Gasteiger partial charge on any atom is -0.492 e. The van der Waals surface area contributed by atoms with Gasteiger partial charge in [0.2, 0.25) is 0 Å². The molecule has 2 rings (SSSR count). The van der Waals surface area contributed by atoms with Gasteiger partial charge in [0.05, 0.1) is 12.8 Å². The molecule has 0 amide bonds. The highest BCUT2D eigenvalue weighted by molar-refractivity contribution is 5.29. The van der Waals surface area contributed by atoms with Gasteiger partial charge >= 0.3 is 0 Å². The zero-order chi connectivity index (χ0) is 15.2. The number of pyridine rings is 1. The molecule has 0 spiro atoms. The first-order chi connectivity index (χ1) is 10.2. The minimum atomic E-state index is -0.538. The standard InChI is InChI=1S/C16H18F2N2O/c1-3-21-12-7-11(9-20-10-12)16(19-2)8-13-14(17)5-4-6-15(13)18/h4-7,9-10,16,19H,3,8H2,1-2H3. The quantitative estimate of drug-likeness (QED) is 0.887. The smallest absolute Gasteiger partial charge is 0.137 e. The average Bonchev–Trinajstić information content (AvgIpc) is 2.48. The third-order valence-corrected chi connectivity index (χ3v) is 3.27. The summed E-state index contributed by atoms with van der Waals surface area (Å²) in [6.07, 6.45) is 3.48. The Morgan fingerprint density at radius 2 is 1.95 bits per heavy atom. The lowest BCUT2D eigenvalue weighted by molar-refractivity contribution is 0.338. The van der Waals surface area contributed by atoms with E-state index >= 15 is 0 Å². The second kappa shape index (κ2) is 7.13. The molecule has 1 heterocycles. The molecule has 0 aliphatic carbocycles. The fourth-order valence-corrected chi connectivity index (χ4v) is 2.19. The predicted molar refractivity (Wildman–Crippen MR) is 77.3 cm³/mol. The number of ether oxygens (including phenoxy) is 1. The summed E-state index contributed by atoms with van der Waals surface area (Å²) in [7, 11) is 1.75. The molecule has 112 valence electrons. The Hall–Kier alpha value is -2.01. The molecule has 0 aliphatic heterocycles. The maximum atomic E-state index is 13.8. The molecular formula is C16H18F2N2O. The van der Waals surface area contributed by atoms with Crippen LogP contribution in [0.15, 0.2) is 36.7 Å². The van der Waals surface area contributed by atoms with Crippen LogP contribution in [0.4, 0.5) is 8.78 Å². The van der Waals surface area contributed by atoms with Crippen LogP contribution in [0.1, 0.15) is 24.1 Å². The molecular weight excluding hydrogens is 274 g/mol. The van der Waals surface area contributed by atoms with Gasteiger partial charge in [-0.15, -0.1) is 0 Å². The highest BCUT2D eigenvalue weighted by atomic mass is 19.1. The van der Waals surface area contributed by atoms with E-state index in [1.165, 1.54) is 18.2 Å². The number of aromatic nitrogens is 1. The van der Waals surface area contributed by atoms with Crippen LogP contribution >= 0.6 is 0 Å². The Morgan fingerprint density at radius 3 is 2.57 bits per heavy atom. The number of hydrogen-bond acceptors (Lipinski definition) is 3. The topological polar surface area (TPSA) is 34.1 Å². The lowest BCUT2D eigenvalue weighted by atomic mass is 9.99. The maximum absolute atomic E-state index is 13.8. The summed E-state index contributed by atoms with van der Waals surface area (Å²) in [6.45, 7) is 2.42. The van der Waals surface area contributed by atoms with Crippen molar-refractivity contribution in [3.8, 4) is 5.75 Å². The molecule has 0 fully saturated rings. The van der Waals surface area contributed by atoms with Gasteiger partial charge in [0.1, 0.15) is 17.4 Å². The van der Waals surface area contributed by atoms with Gasteiger partial charge < -0.3 is 10.1 Å².